The van der Waals surface area contributed by atoms with E-state index in [1.54, 1.807) is 6.07 Å². The van der Waals surface area contributed by atoms with Gasteiger partial charge in [-0.05, 0) is 24.6 Å². The third-order valence-corrected chi connectivity index (χ3v) is 3.64. The molecule has 0 saturated heterocycles. The Hall–Kier alpha value is -1.81. The van der Waals surface area contributed by atoms with Crippen LogP contribution in [0.15, 0.2) is 30.3 Å². The number of halogens is 1. The second-order valence-corrected chi connectivity index (χ2v) is 5.20. The number of nitrogens with two attached hydrogens (primary N) is 1. The highest BCUT2D eigenvalue weighted by atomic mass is 35.5. The highest BCUT2D eigenvalue weighted by molar-refractivity contribution is 6.30. The molecule has 5 heteroatoms. The van der Waals surface area contributed by atoms with Crippen LogP contribution in [0.2, 0.25) is 5.02 Å². The van der Waals surface area contributed by atoms with Crippen molar-refractivity contribution in [3.8, 4) is 0 Å². The summed E-state index contributed by atoms with van der Waals surface area (Å²) in [6, 6.07) is 9.81. The van der Waals surface area contributed by atoms with E-state index < -0.39 is 0 Å². The molecule has 1 aromatic heterocycles. The van der Waals surface area contributed by atoms with E-state index in [1.165, 1.54) is 5.56 Å². The molecular formula is C15H19ClN4. The van der Waals surface area contributed by atoms with Crippen molar-refractivity contribution in [3.63, 3.8) is 0 Å². The standard InChI is InChI=1S/C15H19ClN4/c1-4-14-18-13(17)9-15(19-14)20(3)10(2)11-5-7-12(16)8-6-11/h5-10H,4H2,1-3H3,(H2,17,18,19). The summed E-state index contributed by atoms with van der Waals surface area (Å²) in [5, 5.41) is 0.739. The number of anilines is 2. The fraction of sp³-hybridized carbons (Fsp3) is 0.333. The zero-order chi connectivity index (χ0) is 14.7. The summed E-state index contributed by atoms with van der Waals surface area (Å²) < 4.78 is 0. The molecule has 0 bridgehead atoms. The van der Waals surface area contributed by atoms with Crippen LogP contribution in [-0.4, -0.2) is 17.0 Å². The van der Waals surface area contributed by atoms with Gasteiger partial charge in [0.2, 0.25) is 0 Å². The minimum atomic E-state index is 0.172. The van der Waals surface area contributed by atoms with Crippen molar-refractivity contribution in [1.29, 1.82) is 0 Å². The second-order valence-electron chi connectivity index (χ2n) is 4.76. The van der Waals surface area contributed by atoms with Crippen LogP contribution in [-0.2, 0) is 6.42 Å². The van der Waals surface area contributed by atoms with Gasteiger partial charge in [-0.2, -0.15) is 0 Å². The molecule has 0 radical (unpaired) electrons. The van der Waals surface area contributed by atoms with Crippen LogP contribution in [0, 0.1) is 0 Å². The van der Waals surface area contributed by atoms with Crippen molar-refractivity contribution in [1.82, 2.24) is 9.97 Å². The van der Waals surface area contributed by atoms with Gasteiger partial charge >= 0.3 is 0 Å². The SMILES string of the molecule is CCc1nc(N)cc(N(C)C(C)c2ccc(Cl)cc2)n1. The normalized spacial score (nSPS) is 12.2. The van der Waals surface area contributed by atoms with Gasteiger partial charge in [-0.3, -0.25) is 0 Å². The highest BCUT2D eigenvalue weighted by Crippen LogP contribution is 2.25. The van der Waals surface area contributed by atoms with Crippen LogP contribution < -0.4 is 10.6 Å². The smallest absolute Gasteiger partial charge is 0.134 e. The average Bonchev–Trinajstić information content (AvgIpc) is 2.45. The number of aryl methyl sites for hydroxylation is 1. The molecule has 106 valence electrons. The number of nitrogen functional groups attached to an aromatic ring is 1. The van der Waals surface area contributed by atoms with E-state index in [1.807, 2.05) is 38.2 Å². The number of hydrogen-bond acceptors (Lipinski definition) is 4. The van der Waals surface area contributed by atoms with Crippen molar-refractivity contribution in [2.75, 3.05) is 17.7 Å². The Morgan fingerprint density at radius 3 is 2.50 bits per heavy atom. The van der Waals surface area contributed by atoms with Crippen molar-refractivity contribution in [2.24, 2.45) is 0 Å². The van der Waals surface area contributed by atoms with E-state index >= 15 is 0 Å². The highest BCUT2D eigenvalue weighted by Gasteiger charge is 2.14. The van der Waals surface area contributed by atoms with Crippen molar-refractivity contribution >= 4 is 23.2 Å². The molecule has 0 saturated carbocycles. The van der Waals surface area contributed by atoms with Crippen LogP contribution in [0.1, 0.15) is 31.3 Å². The molecule has 2 N–H and O–H groups in total. The predicted molar refractivity (Wildman–Crippen MR) is 84.1 cm³/mol. The lowest BCUT2D eigenvalue weighted by molar-refractivity contribution is 0.722. The minimum Gasteiger partial charge on any atom is -0.384 e. The van der Waals surface area contributed by atoms with Crippen LogP contribution in [0.3, 0.4) is 0 Å². The molecule has 4 nitrogen and oxygen atoms in total. The lowest BCUT2D eigenvalue weighted by atomic mass is 10.1. The molecule has 0 spiro atoms. The summed E-state index contributed by atoms with van der Waals surface area (Å²) >= 11 is 5.92. The van der Waals surface area contributed by atoms with Gasteiger partial charge in [-0.25, -0.2) is 9.97 Å². The first-order chi connectivity index (χ1) is 9.51. The van der Waals surface area contributed by atoms with Gasteiger partial charge in [0.1, 0.15) is 17.5 Å². The first kappa shape index (κ1) is 14.6. The summed E-state index contributed by atoms with van der Waals surface area (Å²) in [6.07, 6.45) is 0.765. The quantitative estimate of drug-likeness (QED) is 0.937. The number of hydrogen-bond donors (Lipinski definition) is 1. The number of rotatable bonds is 4. The van der Waals surface area contributed by atoms with Gasteiger partial charge in [0, 0.05) is 24.6 Å². The van der Waals surface area contributed by atoms with E-state index in [4.69, 9.17) is 17.3 Å². The first-order valence-corrected chi connectivity index (χ1v) is 7.00. The van der Waals surface area contributed by atoms with Gasteiger partial charge in [-0.15, -0.1) is 0 Å². The monoisotopic (exact) mass is 290 g/mol. The molecule has 0 aliphatic rings. The maximum Gasteiger partial charge on any atom is 0.134 e. The lowest BCUT2D eigenvalue weighted by Gasteiger charge is -2.26. The van der Waals surface area contributed by atoms with Crippen molar-refractivity contribution in [2.45, 2.75) is 26.3 Å². The lowest BCUT2D eigenvalue weighted by Crippen LogP contribution is -2.23. The number of benzene rings is 1. The van der Waals surface area contributed by atoms with Crippen LogP contribution >= 0.6 is 11.6 Å². The molecule has 1 atom stereocenters. The Labute approximate surface area is 124 Å². The third-order valence-electron chi connectivity index (χ3n) is 3.39. The van der Waals surface area contributed by atoms with Gasteiger partial charge in [0.15, 0.2) is 0 Å². The fourth-order valence-corrected chi connectivity index (χ4v) is 2.13. The predicted octanol–water partition coefficient (Wildman–Crippen LogP) is 3.47. The Kier molecular flexibility index (Phi) is 4.45. The Balaban J connectivity index is 2.28. The summed E-state index contributed by atoms with van der Waals surface area (Å²) in [7, 11) is 2.00. The Morgan fingerprint density at radius 2 is 1.90 bits per heavy atom. The Morgan fingerprint density at radius 1 is 1.25 bits per heavy atom. The molecular weight excluding hydrogens is 272 g/mol. The summed E-state index contributed by atoms with van der Waals surface area (Å²) in [4.78, 5) is 10.8. The summed E-state index contributed by atoms with van der Waals surface area (Å²) in [5.74, 6) is 2.09. The van der Waals surface area contributed by atoms with E-state index in [9.17, 15) is 0 Å². The van der Waals surface area contributed by atoms with E-state index in [0.717, 1.165) is 23.1 Å². The second kappa shape index (κ2) is 6.09. The topological polar surface area (TPSA) is 55.0 Å². The van der Waals surface area contributed by atoms with E-state index in [2.05, 4.69) is 21.8 Å². The zero-order valence-corrected chi connectivity index (χ0v) is 12.7. The average molecular weight is 291 g/mol. The fourth-order valence-electron chi connectivity index (χ4n) is 2.01. The molecule has 0 fully saturated rings. The van der Waals surface area contributed by atoms with Crippen LogP contribution in [0.25, 0.3) is 0 Å². The molecule has 0 aliphatic heterocycles. The van der Waals surface area contributed by atoms with Gasteiger partial charge in [0.05, 0.1) is 6.04 Å². The molecule has 2 rings (SSSR count). The van der Waals surface area contributed by atoms with Gasteiger partial charge < -0.3 is 10.6 Å². The van der Waals surface area contributed by atoms with Crippen LogP contribution in [0.4, 0.5) is 11.6 Å². The minimum absolute atomic E-state index is 0.172. The van der Waals surface area contributed by atoms with Crippen molar-refractivity contribution < 1.29 is 0 Å². The zero-order valence-electron chi connectivity index (χ0n) is 12.0. The molecule has 1 heterocycles. The number of nitrogens with zero attached hydrogens (tertiary/aromatic N) is 3. The van der Waals surface area contributed by atoms with Crippen molar-refractivity contribution in [3.05, 3.63) is 46.7 Å². The molecule has 0 amide bonds. The van der Waals surface area contributed by atoms with Gasteiger partial charge in [-0.1, -0.05) is 30.7 Å². The summed E-state index contributed by atoms with van der Waals surface area (Å²) in [5.41, 5.74) is 7.01. The molecule has 1 unspecified atom stereocenters. The van der Waals surface area contributed by atoms with E-state index in [-0.39, 0.29) is 6.04 Å². The van der Waals surface area contributed by atoms with Gasteiger partial charge in [0.25, 0.3) is 0 Å². The molecule has 1 aromatic carbocycles. The number of aromatic nitrogens is 2. The largest absolute Gasteiger partial charge is 0.384 e. The maximum absolute atomic E-state index is 5.92. The summed E-state index contributed by atoms with van der Waals surface area (Å²) in [6.45, 7) is 4.13. The molecule has 0 aliphatic carbocycles. The molecule has 2 aromatic rings. The first-order valence-electron chi connectivity index (χ1n) is 6.63. The Bertz CT molecular complexity index is 583. The van der Waals surface area contributed by atoms with Crippen LogP contribution in [0.5, 0.6) is 0 Å². The maximum atomic E-state index is 5.92. The third kappa shape index (κ3) is 3.20. The van der Waals surface area contributed by atoms with E-state index in [0.29, 0.717) is 5.82 Å². The molecule has 20 heavy (non-hydrogen) atoms.